The third-order valence-corrected chi connectivity index (χ3v) is 7.35. The Labute approximate surface area is 198 Å². The maximum Gasteiger partial charge on any atom is 0.188 e. The Morgan fingerprint density at radius 3 is 2.28 bits per heavy atom. The summed E-state index contributed by atoms with van der Waals surface area (Å²) in [4.78, 5) is 0. The summed E-state index contributed by atoms with van der Waals surface area (Å²) in [7, 11) is 1.66. The Bertz CT molecular complexity index is 1290. The molecule has 0 heterocycles. The minimum Gasteiger partial charge on any atom is -0.466 e. The molecule has 32 heavy (non-hydrogen) atoms. The Hall–Kier alpha value is -2.88. The van der Waals surface area contributed by atoms with Crippen LogP contribution in [0.4, 0.5) is 0 Å². The van der Waals surface area contributed by atoms with E-state index in [4.69, 9.17) is 9.47 Å². The van der Waals surface area contributed by atoms with Crippen molar-refractivity contribution in [2.45, 2.75) is 19.8 Å². The number of hydrogen-bond donors (Lipinski definition) is 0. The fourth-order valence-electron chi connectivity index (χ4n) is 4.88. The first-order valence-electron chi connectivity index (χ1n) is 10.8. The van der Waals surface area contributed by atoms with Gasteiger partial charge in [-0.2, -0.15) is 0 Å². The quantitative estimate of drug-likeness (QED) is 0.265. The van der Waals surface area contributed by atoms with Crippen LogP contribution in [0.25, 0.3) is 33.4 Å². The third-order valence-electron chi connectivity index (χ3n) is 6.33. The lowest BCUT2D eigenvalue weighted by atomic mass is 9.88. The Morgan fingerprint density at radius 2 is 1.50 bits per heavy atom. The lowest BCUT2D eigenvalue weighted by Crippen LogP contribution is -2.05. The monoisotopic (exact) mass is 484 g/mol. The molecule has 3 heteroatoms. The summed E-state index contributed by atoms with van der Waals surface area (Å²) >= 11 is 3.91. The molecule has 0 fully saturated rings. The van der Waals surface area contributed by atoms with Gasteiger partial charge in [0.05, 0.1) is 0 Å². The summed E-state index contributed by atoms with van der Waals surface area (Å²) in [6.45, 7) is 4.63. The van der Waals surface area contributed by atoms with Gasteiger partial charge in [0.25, 0.3) is 0 Å². The van der Waals surface area contributed by atoms with E-state index in [1.54, 1.807) is 7.11 Å². The molecule has 4 aromatic rings. The van der Waals surface area contributed by atoms with Crippen molar-refractivity contribution in [3.63, 3.8) is 0 Å². The average molecular weight is 485 g/mol. The smallest absolute Gasteiger partial charge is 0.188 e. The van der Waals surface area contributed by atoms with E-state index < -0.39 is 0 Å². The van der Waals surface area contributed by atoms with Gasteiger partial charge in [-0.1, -0.05) is 79.7 Å². The van der Waals surface area contributed by atoms with Crippen LogP contribution in [0.2, 0.25) is 0 Å². The molecular formula is C29H25BrO2. The first-order chi connectivity index (χ1) is 15.6. The van der Waals surface area contributed by atoms with Crippen molar-refractivity contribution in [2.75, 3.05) is 13.9 Å². The van der Waals surface area contributed by atoms with E-state index in [0.29, 0.717) is 5.92 Å². The lowest BCUT2D eigenvalue weighted by molar-refractivity contribution is 0.0519. The highest BCUT2D eigenvalue weighted by atomic mass is 79.9. The molecule has 5 rings (SSSR count). The van der Waals surface area contributed by atoms with Crippen LogP contribution in [0.5, 0.6) is 5.75 Å². The summed E-state index contributed by atoms with van der Waals surface area (Å²) in [5.74, 6) is 1.15. The molecule has 1 atom stereocenters. The van der Waals surface area contributed by atoms with Gasteiger partial charge >= 0.3 is 0 Å². The average Bonchev–Trinajstić information content (AvgIpc) is 3.13. The van der Waals surface area contributed by atoms with Gasteiger partial charge in [0, 0.05) is 28.6 Å². The predicted octanol–water partition coefficient (Wildman–Crippen LogP) is 8.21. The number of rotatable bonds is 5. The van der Waals surface area contributed by atoms with Crippen molar-refractivity contribution in [3.05, 3.63) is 100 Å². The molecule has 1 unspecified atom stereocenters. The van der Waals surface area contributed by atoms with Crippen LogP contribution in [-0.2, 0) is 4.74 Å². The first-order valence-corrected chi connectivity index (χ1v) is 11.6. The lowest BCUT2D eigenvalue weighted by Gasteiger charge is -2.22. The van der Waals surface area contributed by atoms with E-state index >= 15 is 0 Å². The van der Waals surface area contributed by atoms with Crippen LogP contribution in [0.15, 0.2) is 83.3 Å². The Balaban J connectivity index is 1.81. The molecule has 4 aromatic carbocycles. The number of hydrogen-bond acceptors (Lipinski definition) is 2. The SMILES string of the molecule is COCOc1c(-c2ccccc2)cc(C)c(Br)c1-c1cccc2c1C(C)c1ccccc1-2. The maximum absolute atomic E-state index is 6.28. The fraction of sp³-hybridized carbons (Fsp3) is 0.172. The number of benzene rings is 4. The standard InChI is InChI=1S/C29H25BrO2/c1-18-16-25(20-10-5-4-6-11-20)29(32-17-31-3)27(28(18)30)24-15-9-14-23-22-13-8-7-12-21(22)19(2)26(23)24/h4-16,19H,17H2,1-3H3. The predicted molar refractivity (Wildman–Crippen MR) is 135 cm³/mol. The molecule has 0 aliphatic heterocycles. The second kappa shape index (κ2) is 8.57. The number of methoxy groups -OCH3 is 1. The summed E-state index contributed by atoms with van der Waals surface area (Å²) in [5.41, 5.74) is 11.0. The van der Waals surface area contributed by atoms with Gasteiger partial charge in [-0.25, -0.2) is 0 Å². The molecule has 1 aliphatic carbocycles. The zero-order chi connectivity index (χ0) is 22.2. The van der Waals surface area contributed by atoms with Crippen LogP contribution < -0.4 is 4.74 Å². The number of fused-ring (bicyclic) bond motifs is 3. The fourth-order valence-corrected chi connectivity index (χ4v) is 5.39. The summed E-state index contributed by atoms with van der Waals surface area (Å²) in [6.07, 6.45) is 0. The highest BCUT2D eigenvalue weighted by Gasteiger charge is 2.30. The minimum absolute atomic E-state index is 0.188. The largest absolute Gasteiger partial charge is 0.466 e. The third kappa shape index (κ3) is 3.37. The summed E-state index contributed by atoms with van der Waals surface area (Å²) in [6, 6.07) is 27.9. The van der Waals surface area contributed by atoms with Crippen LogP contribution in [-0.4, -0.2) is 13.9 Å². The summed E-state index contributed by atoms with van der Waals surface area (Å²) < 4.78 is 12.7. The van der Waals surface area contributed by atoms with E-state index in [1.165, 1.54) is 33.4 Å². The van der Waals surface area contributed by atoms with Crippen molar-refractivity contribution in [1.82, 2.24) is 0 Å². The first kappa shape index (κ1) is 21.0. The molecule has 0 saturated heterocycles. The highest BCUT2D eigenvalue weighted by molar-refractivity contribution is 9.10. The molecule has 0 aromatic heterocycles. The van der Waals surface area contributed by atoms with E-state index in [1.807, 2.05) is 6.07 Å². The van der Waals surface area contributed by atoms with Crippen LogP contribution >= 0.6 is 15.9 Å². The van der Waals surface area contributed by atoms with Crippen LogP contribution in [0.1, 0.15) is 29.5 Å². The van der Waals surface area contributed by atoms with E-state index in [2.05, 4.69) is 103 Å². The van der Waals surface area contributed by atoms with Crippen molar-refractivity contribution in [1.29, 1.82) is 0 Å². The molecule has 0 amide bonds. The molecule has 1 aliphatic rings. The number of halogens is 1. The van der Waals surface area contributed by atoms with E-state index in [-0.39, 0.29) is 6.79 Å². The topological polar surface area (TPSA) is 18.5 Å². The van der Waals surface area contributed by atoms with Crippen molar-refractivity contribution in [3.8, 4) is 39.1 Å². The molecule has 0 spiro atoms. The van der Waals surface area contributed by atoms with Crippen molar-refractivity contribution < 1.29 is 9.47 Å². The van der Waals surface area contributed by atoms with Gasteiger partial charge < -0.3 is 9.47 Å². The van der Waals surface area contributed by atoms with Crippen LogP contribution in [0.3, 0.4) is 0 Å². The van der Waals surface area contributed by atoms with E-state index in [9.17, 15) is 0 Å². The molecule has 0 N–H and O–H groups in total. The Morgan fingerprint density at radius 1 is 0.812 bits per heavy atom. The number of aryl methyl sites for hydroxylation is 1. The Kier molecular flexibility index (Phi) is 5.62. The maximum atomic E-state index is 6.28. The second-order valence-electron chi connectivity index (χ2n) is 8.25. The van der Waals surface area contributed by atoms with Gasteiger partial charge in [0.15, 0.2) is 6.79 Å². The van der Waals surface area contributed by atoms with Crippen molar-refractivity contribution >= 4 is 15.9 Å². The normalized spacial score (nSPS) is 14.2. The number of ether oxygens (including phenoxy) is 2. The van der Waals surface area contributed by atoms with E-state index in [0.717, 1.165) is 26.9 Å². The van der Waals surface area contributed by atoms with Gasteiger partial charge in [-0.3, -0.25) is 0 Å². The van der Waals surface area contributed by atoms with Gasteiger partial charge in [0.1, 0.15) is 5.75 Å². The van der Waals surface area contributed by atoms with Crippen LogP contribution in [0, 0.1) is 6.92 Å². The second-order valence-corrected chi connectivity index (χ2v) is 9.04. The molecule has 2 nitrogen and oxygen atoms in total. The van der Waals surface area contributed by atoms with Crippen molar-refractivity contribution in [2.24, 2.45) is 0 Å². The van der Waals surface area contributed by atoms with Gasteiger partial charge in [-0.05, 0) is 67.9 Å². The molecule has 0 radical (unpaired) electrons. The zero-order valence-corrected chi connectivity index (χ0v) is 20.1. The zero-order valence-electron chi connectivity index (χ0n) is 18.5. The summed E-state index contributed by atoms with van der Waals surface area (Å²) in [5, 5.41) is 0. The van der Waals surface area contributed by atoms with Gasteiger partial charge in [-0.15, -0.1) is 0 Å². The molecule has 160 valence electrons. The minimum atomic E-state index is 0.188. The van der Waals surface area contributed by atoms with Gasteiger partial charge in [0.2, 0.25) is 0 Å². The molecule has 0 bridgehead atoms. The molecular weight excluding hydrogens is 460 g/mol. The highest BCUT2D eigenvalue weighted by Crippen LogP contribution is 2.53. The molecule has 0 saturated carbocycles.